The van der Waals surface area contributed by atoms with Crippen LogP contribution in [0.15, 0.2) is 72.8 Å². The molecule has 1 aliphatic carbocycles. The van der Waals surface area contributed by atoms with Crippen molar-refractivity contribution in [2.24, 2.45) is 5.92 Å². The summed E-state index contributed by atoms with van der Waals surface area (Å²) in [4.78, 5) is 0. The van der Waals surface area contributed by atoms with Crippen LogP contribution in [-0.2, 0) is 0 Å². The first-order valence-corrected chi connectivity index (χ1v) is 12.7. The van der Waals surface area contributed by atoms with Crippen LogP contribution in [0.3, 0.4) is 0 Å². The van der Waals surface area contributed by atoms with E-state index in [4.69, 9.17) is 0 Å². The minimum Gasteiger partial charge on any atom is -0.207 e. The van der Waals surface area contributed by atoms with E-state index < -0.39 is 0 Å². The highest BCUT2D eigenvalue weighted by atomic mass is 19.1. The van der Waals surface area contributed by atoms with Gasteiger partial charge >= 0.3 is 0 Å². The molecule has 1 saturated carbocycles. The molecule has 0 N–H and O–H groups in total. The number of hydrogen-bond donors (Lipinski definition) is 0. The highest BCUT2D eigenvalue weighted by molar-refractivity contribution is 5.65. The number of hydrogen-bond acceptors (Lipinski definition) is 0. The Morgan fingerprint density at radius 2 is 1.21 bits per heavy atom. The van der Waals surface area contributed by atoms with Gasteiger partial charge < -0.3 is 0 Å². The highest BCUT2D eigenvalue weighted by Crippen LogP contribution is 2.38. The molecular weight excluding hydrogens is 403 g/mol. The Hall–Kier alpha value is -2.85. The van der Waals surface area contributed by atoms with Gasteiger partial charge in [0.2, 0.25) is 0 Å². The van der Waals surface area contributed by atoms with Crippen LogP contribution in [0.1, 0.15) is 87.3 Å². The largest absolute Gasteiger partial charge is 0.207 e. The summed E-state index contributed by atoms with van der Waals surface area (Å²) in [6.45, 7) is 2.29. The minimum absolute atomic E-state index is 0.235. The van der Waals surface area contributed by atoms with Gasteiger partial charge in [0.15, 0.2) is 0 Å². The molecule has 0 unspecified atom stereocenters. The summed E-state index contributed by atoms with van der Waals surface area (Å²) in [6.07, 6.45) is 12.5. The van der Waals surface area contributed by atoms with E-state index in [0.717, 1.165) is 23.0 Å². The van der Waals surface area contributed by atoms with Crippen molar-refractivity contribution >= 4 is 0 Å². The van der Waals surface area contributed by atoms with Crippen molar-refractivity contribution in [3.05, 3.63) is 95.3 Å². The molecule has 1 fully saturated rings. The molecule has 4 rings (SSSR count). The lowest BCUT2D eigenvalue weighted by molar-refractivity contribution is 0.302. The second kappa shape index (κ2) is 11.9. The van der Waals surface area contributed by atoms with Crippen LogP contribution in [0.5, 0.6) is 0 Å². The Morgan fingerprint density at radius 1 is 0.667 bits per heavy atom. The molecule has 3 aromatic carbocycles. The van der Waals surface area contributed by atoms with Crippen LogP contribution in [0, 0.1) is 23.6 Å². The quantitative estimate of drug-likeness (QED) is 0.255. The monoisotopic (exact) mass is 438 g/mol. The van der Waals surface area contributed by atoms with Gasteiger partial charge in [-0.25, -0.2) is 4.39 Å². The average molecular weight is 439 g/mol. The molecule has 0 aromatic heterocycles. The fraction of sp³-hybridized carbons (Fsp3) is 0.375. The third kappa shape index (κ3) is 6.82. The number of rotatable bonds is 7. The number of benzene rings is 3. The topological polar surface area (TPSA) is 0 Å². The van der Waals surface area contributed by atoms with Crippen molar-refractivity contribution in [3.8, 4) is 23.0 Å². The summed E-state index contributed by atoms with van der Waals surface area (Å²) in [7, 11) is 0. The molecule has 0 bridgehead atoms. The fourth-order valence-electron chi connectivity index (χ4n) is 5.02. The maximum atomic E-state index is 13.0. The SMILES string of the molecule is CCCCCCC1CCC(c2ccc(-c3ccc(C#Cc4ccc(F)cc4)cc3)cc2)CC1. The molecule has 0 radical (unpaired) electrons. The number of unbranched alkanes of at least 4 members (excludes halogenated alkanes) is 3. The maximum Gasteiger partial charge on any atom is 0.123 e. The first-order valence-electron chi connectivity index (χ1n) is 12.7. The van der Waals surface area contributed by atoms with E-state index in [1.807, 2.05) is 0 Å². The van der Waals surface area contributed by atoms with Gasteiger partial charge in [0.25, 0.3) is 0 Å². The van der Waals surface area contributed by atoms with Gasteiger partial charge in [-0.05, 0) is 90.6 Å². The molecule has 0 spiro atoms. The zero-order chi connectivity index (χ0) is 22.9. The standard InChI is InChI=1S/C32H35F/c1-2-3-4-5-6-25-9-15-28(16-10-25)30-19-21-31(22-20-30)29-17-11-26(12-18-29)7-8-27-13-23-32(33)24-14-27/h11-14,17-25,28H,2-6,9-10,15-16H2,1H3. The van der Waals surface area contributed by atoms with Gasteiger partial charge in [0.05, 0.1) is 0 Å². The van der Waals surface area contributed by atoms with Gasteiger partial charge in [0.1, 0.15) is 5.82 Å². The lowest BCUT2D eigenvalue weighted by Gasteiger charge is -2.29. The van der Waals surface area contributed by atoms with Gasteiger partial charge in [-0.2, -0.15) is 0 Å². The molecule has 33 heavy (non-hydrogen) atoms. The molecule has 1 heteroatoms. The van der Waals surface area contributed by atoms with Crippen molar-refractivity contribution in [2.45, 2.75) is 70.6 Å². The predicted molar refractivity (Wildman–Crippen MR) is 138 cm³/mol. The minimum atomic E-state index is -0.235. The van der Waals surface area contributed by atoms with Crippen molar-refractivity contribution in [1.82, 2.24) is 0 Å². The lowest BCUT2D eigenvalue weighted by atomic mass is 9.77. The Morgan fingerprint density at radius 3 is 1.79 bits per heavy atom. The summed E-state index contributed by atoms with van der Waals surface area (Å²) in [5.74, 6) is 7.71. The second-order valence-electron chi connectivity index (χ2n) is 9.52. The van der Waals surface area contributed by atoms with Crippen molar-refractivity contribution in [1.29, 1.82) is 0 Å². The van der Waals surface area contributed by atoms with Crippen LogP contribution in [0.2, 0.25) is 0 Å². The van der Waals surface area contributed by atoms with Crippen LogP contribution in [0.4, 0.5) is 4.39 Å². The smallest absolute Gasteiger partial charge is 0.123 e. The summed E-state index contributed by atoms with van der Waals surface area (Å²) < 4.78 is 13.0. The highest BCUT2D eigenvalue weighted by Gasteiger charge is 2.22. The van der Waals surface area contributed by atoms with Gasteiger partial charge in [-0.3, -0.25) is 0 Å². The van der Waals surface area contributed by atoms with Gasteiger partial charge in [-0.1, -0.05) is 87.3 Å². The Labute approximate surface area is 199 Å². The molecule has 0 amide bonds. The summed E-state index contributed by atoms with van der Waals surface area (Å²) in [5, 5.41) is 0. The van der Waals surface area contributed by atoms with Gasteiger partial charge in [0, 0.05) is 11.1 Å². The molecule has 0 saturated heterocycles. The fourth-order valence-corrected chi connectivity index (χ4v) is 5.02. The molecule has 170 valence electrons. The van der Waals surface area contributed by atoms with E-state index in [1.54, 1.807) is 12.1 Å². The third-order valence-corrected chi connectivity index (χ3v) is 7.11. The summed E-state index contributed by atoms with van der Waals surface area (Å²) >= 11 is 0. The Balaban J connectivity index is 1.31. The van der Waals surface area contributed by atoms with Crippen LogP contribution >= 0.6 is 0 Å². The van der Waals surface area contributed by atoms with E-state index in [2.05, 4.69) is 67.3 Å². The first-order chi connectivity index (χ1) is 16.2. The zero-order valence-corrected chi connectivity index (χ0v) is 19.8. The van der Waals surface area contributed by atoms with E-state index >= 15 is 0 Å². The second-order valence-corrected chi connectivity index (χ2v) is 9.52. The van der Waals surface area contributed by atoms with E-state index in [1.165, 1.54) is 86.6 Å². The van der Waals surface area contributed by atoms with Crippen LogP contribution in [-0.4, -0.2) is 0 Å². The third-order valence-electron chi connectivity index (χ3n) is 7.11. The Bertz CT molecular complexity index is 1040. The number of halogens is 1. The average Bonchev–Trinajstić information content (AvgIpc) is 2.87. The van der Waals surface area contributed by atoms with Crippen LogP contribution in [0.25, 0.3) is 11.1 Å². The molecule has 0 aliphatic heterocycles. The first kappa shape index (κ1) is 23.3. The zero-order valence-electron chi connectivity index (χ0n) is 19.8. The van der Waals surface area contributed by atoms with E-state index in [0.29, 0.717) is 0 Å². The van der Waals surface area contributed by atoms with Crippen LogP contribution < -0.4 is 0 Å². The lowest BCUT2D eigenvalue weighted by Crippen LogP contribution is -2.13. The van der Waals surface area contributed by atoms with Crippen molar-refractivity contribution in [2.75, 3.05) is 0 Å². The molecular formula is C32H35F. The Kier molecular flexibility index (Phi) is 8.37. The molecule has 1 aliphatic rings. The van der Waals surface area contributed by atoms with Crippen molar-refractivity contribution < 1.29 is 4.39 Å². The predicted octanol–water partition coefficient (Wildman–Crippen LogP) is 9.14. The molecule has 0 nitrogen and oxygen atoms in total. The normalized spacial score (nSPS) is 17.9. The molecule has 0 atom stereocenters. The maximum absolute atomic E-state index is 13.0. The molecule has 0 heterocycles. The van der Waals surface area contributed by atoms with Gasteiger partial charge in [-0.15, -0.1) is 0 Å². The summed E-state index contributed by atoms with van der Waals surface area (Å²) in [6, 6.07) is 23.9. The van der Waals surface area contributed by atoms with E-state index in [-0.39, 0.29) is 5.82 Å². The van der Waals surface area contributed by atoms with Crippen molar-refractivity contribution in [3.63, 3.8) is 0 Å². The molecule has 3 aromatic rings. The van der Waals surface area contributed by atoms with E-state index in [9.17, 15) is 4.39 Å². The summed E-state index contributed by atoms with van der Waals surface area (Å²) in [5.41, 5.74) is 5.75.